The van der Waals surface area contributed by atoms with Gasteiger partial charge in [0.05, 0.1) is 24.1 Å². The van der Waals surface area contributed by atoms with Gasteiger partial charge in [0, 0.05) is 22.4 Å². The number of amides is 1. The Morgan fingerprint density at radius 3 is 2.65 bits per heavy atom. The first-order chi connectivity index (χ1) is 15.2. The van der Waals surface area contributed by atoms with Crippen LogP contribution in [0, 0.1) is 5.92 Å². The lowest BCUT2D eigenvalue weighted by molar-refractivity contribution is -0.113. The maximum Gasteiger partial charge on any atom is 0.279 e. The summed E-state index contributed by atoms with van der Waals surface area (Å²) in [5.41, 5.74) is 4.64. The lowest BCUT2D eigenvalue weighted by Crippen LogP contribution is -2.27. The number of halogens is 1. The van der Waals surface area contributed by atoms with E-state index in [4.69, 9.17) is 9.57 Å². The number of oxime groups is 1. The van der Waals surface area contributed by atoms with E-state index in [0.29, 0.717) is 17.7 Å². The Hall–Kier alpha value is -3.25. The van der Waals surface area contributed by atoms with Crippen molar-refractivity contribution in [2.45, 2.75) is 12.5 Å². The van der Waals surface area contributed by atoms with Crippen LogP contribution in [0.25, 0.3) is 5.57 Å². The zero-order valence-electron chi connectivity index (χ0n) is 16.8. The van der Waals surface area contributed by atoms with Crippen molar-refractivity contribution in [3.05, 3.63) is 94.0 Å². The van der Waals surface area contributed by atoms with E-state index in [1.165, 1.54) is 0 Å². The Bertz CT molecular complexity index is 1210. The molecule has 6 heteroatoms. The minimum absolute atomic E-state index is 0.137. The maximum absolute atomic E-state index is 13.2. The number of methoxy groups -OCH3 is 1. The molecule has 1 aliphatic carbocycles. The number of carbonyl (C=O) groups is 1. The number of rotatable bonds is 4. The minimum Gasteiger partial charge on any atom is -0.496 e. The Labute approximate surface area is 188 Å². The first-order valence-corrected chi connectivity index (χ1v) is 10.8. The number of benzene rings is 2. The standard InChI is InChI=1S/C25H19BrN2O3/c1-30-21-10-6-5-9-17(21)22-14-20(28-31-22)24-23(15-7-3-2-4-8-15)18-13-16(26)11-12-19(18)27-25(24)29/h2-13,18,22H,14H2,1H3. The number of aliphatic imine (C=N–C) groups is 1. The molecule has 2 aromatic carbocycles. The SMILES string of the molecule is COc1ccccc1C1CC(C2=C(c3ccccc3)C3C=C(Br)C=CC3=NC2=O)=NO1. The molecule has 0 saturated carbocycles. The zero-order valence-corrected chi connectivity index (χ0v) is 18.4. The van der Waals surface area contributed by atoms with Gasteiger partial charge in [-0.15, -0.1) is 0 Å². The lowest BCUT2D eigenvalue weighted by atomic mass is 9.79. The molecule has 31 heavy (non-hydrogen) atoms. The second kappa shape index (κ2) is 8.12. The van der Waals surface area contributed by atoms with Crippen LogP contribution in [0.2, 0.25) is 0 Å². The summed E-state index contributed by atoms with van der Waals surface area (Å²) in [5, 5.41) is 4.34. The highest BCUT2D eigenvalue weighted by atomic mass is 79.9. The topological polar surface area (TPSA) is 60.2 Å². The number of para-hydroxylation sites is 1. The van der Waals surface area contributed by atoms with Crippen molar-refractivity contribution in [3.8, 4) is 5.75 Å². The third kappa shape index (κ3) is 3.57. The van der Waals surface area contributed by atoms with Crippen molar-refractivity contribution in [2.24, 2.45) is 16.1 Å². The molecule has 0 radical (unpaired) electrons. The van der Waals surface area contributed by atoms with Crippen molar-refractivity contribution >= 4 is 38.8 Å². The van der Waals surface area contributed by atoms with Gasteiger partial charge in [0.25, 0.3) is 5.91 Å². The second-order valence-corrected chi connectivity index (χ2v) is 8.35. The van der Waals surface area contributed by atoms with E-state index in [-0.39, 0.29) is 17.9 Å². The van der Waals surface area contributed by atoms with Crippen molar-refractivity contribution in [1.82, 2.24) is 0 Å². The van der Waals surface area contributed by atoms with Gasteiger partial charge in [-0.05, 0) is 29.4 Å². The number of carbonyl (C=O) groups excluding carboxylic acids is 1. The average molecular weight is 475 g/mol. The molecule has 0 N–H and O–H groups in total. The fourth-order valence-corrected chi connectivity index (χ4v) is 4.59. The molecular weight excluding hydrogens is 456 g/mol. The van der Waals surface area contributed by atoms with E-state index in [1.807, 2.05) is 66.7 Å². The van der Waals surface area contributed by atoms with Gasteiger partial charge in [0.2, 0.25) is 0 Å². The molecule has 0 aromatic heterocycles. The molecule has 154 valence electrons. The predicted octanol–water partition coefficient (Wildman–Crippen LogP) is 5.41. The van der Waals surface area contributed by atoms with Gasteiger partial charge >= 0.3 is 0 Å². The molecule has 2 atom stereocenters. The minimum atomic E-state index is -0.317. The highest BCUT2D eigenvalue weighted by molar-refractivity contribution is 9.11. The molecule has 5 rings (SSSR count). The van der Waals surface area contributed by atoms with Crippen LogP contribution < -0.4 is 4.74 Å². The quantitative estimate of drug-likeness (QED) is 0.594. The summed E-state index contributed by atoms with van der Waals surface area (Å²) in [4.78, 5) is 23.3. The summed E-state index contributed by atoms with van der Waals surface area (Å²) in [6.45, 7) is 0. The van der Waals surface area contributed by atoms with Crippen LogP contribution in [0.1, 0.15) is 23.7 Å². The number of fused-ring (bicyclic) bond motifs is 1. The van der Waals surface area contributed by atoms with Gasteiger partial charge in [-0.2, -0.15) is 0 Å². The van der Waals surface area contributed by atoms with E-state index < -0.39 is 0 Å². The van der Waals surface area contributed by atoms with E-state index in [0.717, 1.165) is 32.6 Å². The van der Waals surface area contributed by atoms with Crippen molar-refractivity contribution < 1.29 is 14.4 Å². The molecule has 1 amide bonds. The van der Waals surface area contributed by atoms with Gasteiger partial charge in [-0.25, -0.2) is 4.99 Å². The second-order valence-electron chi connectivity index (χ2n) is 7.44. The molecular formula is C25H19BrN2O3. The summed E-state index contributed by atoms with van der Waals surface area (Å²) in [7, 11) is 1.63. The molecule has 0 spiro atoms. The predicted molar refractivity (Wildman–Crippen MR) is 124 cm³/mol. The van der Waals surface area contributed by atoms with Gasteiger partial charge < -0.3 is 9.57 Å². The zero-order chi connectivity index (χ0) is 21.4. The molecule has 2 heterocycles. The number of dihydropyridines is 1. The summed E-state index contributed by atoms with van der Waals surface area (Å²) in [6, 6.07) is 17.6. The fourth-order valence-electron chi connectivity index (χ4n) is 4.20. The van der Waals surface area contributed by atoms with Crippen LogP contribution in [0.4, 0.5) is 0 Å². The molecule has 0 fully saturated rings. The molecule has 0 saturated heterocycles. The lowest BCUT2D eigenvalue weighted by Gasteiger charge is -2.27. The van der Waals surface area contributed by atoms with E-state index in [1.54, 1.807) is 7.11 Å². The Morgan fingerprint density at radius 2 is 1.84 bits per heavy atom. The molecule has 5 nitrogen and oxygen atoms in total. The number of hydrogen-bond donors (Lipinski definition) is 0. The van der Waals surface area contributed by atoms with Gasteiger partial charge in [0.15, 0.2) is 6.10 Å². The average Bonchev–Trinajstić information content (AvgIpc) is 3.28. The molecule has 2 unspecified atom stereocenters. The van der Waals surface area contributed by atoms with E-state index in [2.05, 4.69) is 32.2 Å². The molecule has 3 aliphatic rings. The van der Waals surface area contributed by atoms with Gasteiger partial charge in [-0.1, -0.05) is 75.7 Å². The normalized spacial score (nSPS) is 22.4. The van der Waals surface area contributed by atoms with Crippen LogP contribution in [0.5, 0.6) is 5.75 Å². The number of allylic oxidation sites excluding steroid dienone is 5. The number of nitrogens with zero attached hydrogens (tertiary/aromatic N) is 2. The van der Waals surface area contributed by atoms with Crippen LogP contribution in [0.15, 0.2) is 93.0 Å². The van der Waals surface area contributed by atoms with Crippen molar-refractivity contribution in [3.63, 3.8) is 0 Å². The fraction of sp³-hybridized carbons (Fsp3) is 0.160. The summed E-state index contributed by atoms with van der Waals surface area (Å²) in [6.07, 6.45) is 6.01. The Balaban J connectivity index is 1.59. The Kier molecular flexibility index (Phi) is 5.16. The monoisotopic (exact) mass is 474 g/mol. The van der Waals surface area contributed by atoms with Crippen molar-refractivity contribution in [2.75, 3.05) is 7.11 Å². The highest BCUT2D eigenvalue weighted by Gasteiger charge is 2.37. The van der Waals surface area contributed by atoms with E-state index in [9.17, 15) is 4.79 Å². The molecule has 0 bridgehead atoms. The summed E-state index contributed by atoms with van der Waals surface area (Å²) < 4.78 is 6.43. The maximum atomic E-state index is 13.2. The molecule has 2 aromatic rings. The van der Waals surface area contributed by atoms with E-state index >= 15 is 0 Å². The summed E-state index contributed by atoms with van der Waals surface area (Å²) in [5.74, 6) is 0.312. The highest BCUT2D eigenvalue weighted by Crippen LogP contribution is 2.41. The van der Waals surface area contributed by atoms with Crippen molar-refractivity contribution in [1.29, 1.82) is 0 Å². The summed E-state index contributed by atoms with van der Waals surface area (Å²) >= 11 is 3.57. The molecule has 2 aliphatic heterocycles. The van der Waals surface area contributed by atoms with Crippen LogP contribution in [0.3, 0.4) is 0 Å². The number of ether oxygens (including phenoxy) is 1. The van der Waals surface area contributed by atoms with Crippen LogP contribution in [-0.2, 0) is 9.63 Å². The Morgan fingerprint density at radius 1 is 1.06 bits per heavy atom. The first kappa shape index (κ1) is 19.7. The third-order valence-corrected chi connectivity index (χ3v) is 6.14. The third-order valence-electron chi connectivity index (χ3n) is 5.61. The smallest absolute Gasteiger partial charge is 0.279 e. The van der Waals surface area contributed by atoms with Gasteiger partial charge in [0.1, 0.15) is 5.75 Å². The van der Waals surface area contributed by atoms with Crippen LogP contribution >= 0.6 is 15.9 Å². The largest absolute Gasteiger partial charge is 0.496 e. The van der Waals surface area contributed by atoms with Crippen LogP contribution in [-0.4, -0.2) is 24.4 Å². The number of hydrogen-bond acceptors (Lipinski definition) is 4. The first-order valence-electron chi connectivity index (χ1n) is 9.99. The van der Waals surface area contributed by atoms with Gasteiger partial charge in [-0.3, -0.25) is 4.79 Å².